The summed E-state index contributed by atoms with van der Waals surface area (Å²) in [6.45, 7) is 5.39. The van der Waals surface area contributed by atoms with Gasteiger partial charge in [0.1, 0.15) is 0 Å². The first-order chi connectivity index (χ1) is 11.9. The van der Waals surface area contributed by atoms with Crippen LogP contribution in [0.3, 0.4) is 0 Å². The van der Waals surface area contributed by atoms with E-state index in [9.17, 15) is 13.2 Å². The van der Waals surface area contributed by atoms with E-state index in [1.165, 1.54) is 4.31 Å². The third kappa shape index (κ3) is 3.62. The molecule has 3 rings (SSSR count). The van der Waals surface area contributed by atoms with Gasteiger partial charge in [-0.05, 0) is 43.5 Å². The summed E-state index contributed by atoms with van der Waals surface area (Å²) in [7, 11) is -3.55. The molecule has 25 heavy (non-hydrogen) atoms. The maximum absolute atomic E-state index is 13.0. The number of hydrogen-bond donors (Lipinski definition) is 1. The zero-order valence-electron chi connectivity index (χ0n) is 14.5. The Balaban J connectivity index is 1.78. The number of aromatic nitrogens is 1. The Morgan fingerprint density at radius 1 is 1.08 bits per heavy atom. The molecule has 1 aliphatic heterocycles. The van der Waals surface area contributed by atoms with Gasteiger partial charge in [-0.25, -0.2) is 8.42 Å². The van der Waals surface area contributed by atoms with Gasteiger partial charge in [0, 0.05) is 38.6 Å². The highest BCUT2D eigenvalue weighted by atomic mass is 32.2. The molecule has 2 heterocycles. The maximum Gasteiger partial charge on any atom is 0.255 e. The van der Waals surface area contributed by atoms with Crippen molar-refractivity contribution in [3.8, 4) is 0 Å². The van der Waals surface area contributed by atoms with E-state index >= 15 is 0 Å². The van der Waals surface area contributed by atoms with Gasteiger partial charge in [0.2, 0.25) is 10.0 Å². The fourth-order valence-corrected chi connectivity index (χ4v) is 4.88. The number of aromatic amines is 1. The summed E-state index contributed by atoms with van der Waals surface area (Å²) < 4.78 is 27.6. The van der Waals surface area contributed by atoms with Crippen molar-refractivity contribution in [2.45, 2.75) is 25.2 Å². The van der Waals surface area contributed by atoms with Crippen LogP contribution in [0.15, 0.2) is 41.6 Å². The lowest BCUT2D eigenvalue weighted by Gasteiger charge is -2.22. The van der Waals surface area contributed by atoms with E-state index in [0.717, 1.165) is 11.1 Å². The standard InChI is InChI=1S/C18H23N3O3S/c1-14-4-5-15(2)17(12-14)25(23,24)21-9-3-8-20(10-11-21)18(22)16-6-7-19-13-16/h4-7,12-13,19H,3,8-11H2,1-2H3. The number of benzene rings is 1. The van der Waals surface area contributed by atoms with E-state index in [2.05, 4.69) is 4.98 Å². The first-order valence-electron chi connectivity index (χ1n) is 8.39. The third-order valence-electron chi connectivity index (χ3n) is 4.55. The molecule has 2 aromatic rings. The Hall–Kier alpha value is -2.12. The van der Waals surface area contributed by atoms with Gasteiger partial charge < -0.3 is 9.88 Å². The highest BCUT2D eigenvalue weighted by Gasteiger charge is 2.29. The Morgan fingerprint density at radius 2 is 1.88 bits per heavy atom. The molecule has 0 spiro atoms. The molecule has 0 atom stereocenters. The van der Waals surface area contributed by atoms with Gasteiger partial charge in [0.15, 0.2) is 0 Å². The topological polar surface area (TPSA) is 73.5 Å². The zero-order chi connectivity index (χ0) is 18.0. The normalized spacial score (nSPS) is 16.6. The number of carbonyl (C=O) groups excluding carboxylic acids is 1. The van der Waals surface area contributed by atoms with Crippen molar-refractivity contribution in [1.29, 1.82) is 0 Å². The van der Waals surface area contributed by atoms with Gasteiger partial charge in [-0.1, -0.05) is 12.1 Å². The molecule has 0 radical (unpaired) electrons. The first-order valence-corrected chi connectivity index (χ1v) is 9.83. The summed E-state index contributed by atoms with van der Waals surface area (Å²) >= 11 is 0. The maximum atomic E-state index is 13.0. The van der Waals surface area contributed by atoms with Gasteiger partial charge in [-0.3, -0.25) is 4.79 Å². The smallest absolute Gasteiger partial charge is 0.255 e. The molecule has 0 saturated carbocycles. The number of sulfonamides is 1. The van der Waals surface area contributed by atoms with Crippen molar-refractivity contribution in [3.05, 3.63) is 53.3 Å². The van der Waals surface area contributed by atoms with Crippen molar-refractivity contribution in [2.75, 3.05) is 26.2 Å². The van der Waals surface area contributed by atoms with Gasteiger partial charge >= 0.3 is 0 Å². The Kier molecular flexibility index (Phi) is 4.96. The molecule has 1 saturated heterocycles. The Labute approximate surface area is 148 Å². The van der Waals surface area contributed by atoms with Crippen molar-refractivity contribution < 1.29 is 13.2 Å². The quantitative estimate of drug-likeness (QED) is 0.910. The molecule has 1 fully saturated rings. The van der Waals surface area contributed by atoms with Crippen LogP contribution in [0.25, 0.3) is 0 Å². The van der Waals surface area contributed by atoms with Crippen LogP contribution in [-0.4, -0.2) is 54.7 Å². The van der Waals surface area contributed by atoms with Crippen LogP contribution in [0.4, 0.5) is 0 Å². The van der Waals surface area contributed by atoms with Gasteiger partial charge in [0.25, 0.3) is 5.91 Å². The average Bonchev–Trinajstić information content (AvgIpc) is 3.00. The largest absolute Gasteiger partial charge is 0.367 e. The average molecular weight is 361 g/mol. The Bertz CT molecular complexity index is 860. The summed E-state index contributed by atoms with van der Waals surface area (Å²) in [5.41, 5.74) is 2.27. The van der Waals surface area contributed by atoms with Crippen molar-refractivity contribution in [3.63, 3.8) is 0 Å². The lowest BCUT2D eigenvalue weighted by atomic mass is 10.2. The van der Waals surface area contributed by atoms with Crippen LogP contribution in [0.5, 0.6) is 0 Å². The number of hydrogen-bond acceptors (Lipinski definition) is 3. The Morgan fingerprint density at radius 3 is 2.60 bits per heavy atom. The van der Waals surface area contributed by atoms with E-state index in [4.69, 9.17) is 0 Å². The van der Waals surface area contributed by atoms with E-state index in [1.807, 2.05) is 26.0 Å². The van der Waals surface area contributed by atoms with Crippen molar-refractivity contribution in [2.24, 2.45) is 0 Å². The van der Waals surface area contributed by atoms with E-state index in [1.54, 1.807) is 29.4 Å². The molecule has 6 nitrogen and oxygen atoms in total. The molecule has 134 valence electrons. The number of amides is 1. The van der Waals surface area contributed by atoms with Crippen LogP contribution in [0.2, 0.25) is 0 Å². The predicted molar refractivity (Wildman–Crippen MR) is 96.0 cm³/mol. The monoisotopic (exact) mass is 361 g/mol. The first kappa shape index (κ1) is 17.7. The summed E-state index contributed by atoms with van der Waals surface area (Å²) in [4.78, 5) is 17.4. The van der Waals surface area contributed by atoms with Crippen LogP contribution >= 0.6 is 0 Å². The van der Waals surface area contributed by atoms with E-state index in [-0.39, 0.29) is 5.91 Å². The van der Waals surface area contributed by atoms with E-state index < -0.39 is 10.0 Å². The van der Waals surface area contributed by atoms with Crippen molar-refractivity contribution >= 4 is 15.9 Å². The fraction of sp³-hybridized carbons (Fsp3) is 0.389. The molecule has 1 amide bonds. The number of carbonyl (C=O) groups is 1. The lowest BCUT2D eigenvalue weighted by molar-refractivity contribution is 0.0764. The summed E-state index contributed by atoms with van der Waals surface area (Å²) in [6, 6.07) is 7.20. The highest BCUT2D eigenvalue weighted by Crippen LogP contribution is 2.22. The minimum Gasteiger partial charge on any atom is -0.367 e. The summed E-state index contributed by atoms with van der Waals surface area (Å²) in [5, 5.41) is 0. The number of nitrogens with zero attached hydrogens (tertiary/aromatic N) is 2. The minimum atomic E-state index is -3.55. The van der Waals surface area contributed by atoms with Gasteiger partial charge in [-0.2, -0.15) is 4.31 Å². The molecule has 0 unspecified atom stereocenters. The molecule has 1 aliphatic rings. The van der Waals surface area contributed by atoms with Gasteiger partial charge in [-0.15, -0.1) is 0 Å². The number of aryl methyl sites for hydroxylation is 2. The number of H-pyrrole nitrogens is 1. The van der Waals surface area contributed by atoms with Crippen molar-refractivity contribution in [1.82, 2.24) is 14.2 Å². The van der Waals surface area contributed by atoms with Gasteiger partial charge in [0.05, 0.1) is 10.5 Å². The molecule has 0 bridgehead atoms. The summed E-state index contributed by atoms with van der Waals surface area (Å²) in [6.07, 6.45) is 4.00. The van der Waals surface area contributed by atoms with E-state index in [0.29, 0.717) is 43.1 Å². The second-order valence-electron chi connectivity index (χ2n) is 6.42. The van der Waals surface area contributed by atoms with Crippen LogP contribution in [0.1, 0.15) is 27.9 Å². The predicted octanol–water partition coefficient (Wildman–Crippen LogP) is 2.17. The molecule has 7 heteroatoms. The zero-order valence-corrected chi connectivity index (χ0v) is 15.3. The number of nitrogens with one attached hydrogen (secondary N) is 1. The molecule has 1 N–H and O–H groups in total. The third-order valence-corrected chi connectivity index (χ3v) is 6.59. The molecule has 0 aliphatic carbocycles. The molecular formula is C18H23N3O3S. The lowest BCUT2D eigenvalue weighted by Crippen LogP contribution is -2.37. The minimum absolute atomic E-state index is 0.0627. The van der Waals surface area contributed by atoms with Crippen LogP contribution < -0.4 is 0 Å². The second-order valence-corrected chi connectivity index (χ2v) is 8.32. The SMILES string of the molecule is Cc1ccc(C)c(S(=O)(=O)N2CCCN(C(=O)c3cc[nH]c3)CC2)c1. The second kappa shape index (κ2) is 7.01. The highest BCUT2D eigenvalue weighted by molar-refractivity contribution is 7.89. The molecule has 1 aromatic heterocycles. The number of rotatable bonds is 3. The molecule has 1 aromatic carbocycles. The van der Waals surface area contributed by atoms with Crippen LogP contribution in [0, 0.1) is 13.8 Å². The molecular weight excluding hydrogens is 338 g/mol. The summed E-state index contributed by atoms with van der Waals surface area (Å²) in [5.74, 6) is -0.0627. The fourth-order valence-electron chi connectivity index (χ4n) is 3.10. The van der Waals surface area contributed by atoms with Crippen LogP contribution in [-0.2, 0) is 10.0 Å².